The van der Waals surface area contributed by atoms with E-state index in [9.17, 15) is 9.59 Å². The second-order valence-corrected chi connectivity index (χ2v) is 7.73. The molecule has 1 unspecified atom stereocenters. The average molecular weight is 408 g/mol. The highest BCUT2D eigenvalue weighted by atomic mass is 16.6. The third kappa shape index (κ3) is 15.9. The van der Waals surface area contributed by atoms with Gasteiger partial charge in [0.05, 0.1) is 12.7 Å². The fourth-order valence-corrected chi connectivity index (χ4v) is 3.14. The van der Waals surface area contributed by atoms with Crippen molar-refractivity contribution in [2.75, 3.05) is 39.3 Å². The van der Waals surface area contributed by atoms with Gasteiger partial charge in [-0.05, 0) is 38.5 Å². The van der Waals surface area contributed by atoms with E-state index in [0.717, 1.165) is 77.6 Å². The van der Waals surface area contributed by atoms with E-state index in [-0.39, 0.29) is 11.8 Å². The van der Waals surface area contributed by atoms with Crippen LogP contribution in [-0.4, -0.2) is 62.1 Å². The predicted octanol–water partition coefficient (Wildman–Crippen LogP) is 3.19. The largest absolute Gasteiger partial charge is 0.372 e. The molecule has 0 radical (unpaired) electrons. The number of carbonyl (C=O) groups excluding carboxylic acids is 2. The van der Waals surface area contributed by atoms with E-state index in [0.29, 0.717) is 32.0 Å². The maximum absolute atomic E-state index is 11.9. The van der Waals surface area contributed by atoms with Gasteiger partial charge in [0.1, 0.15) is 0 Å². The van der Waals surface area contributed by atoms with Crippen LogP contribution in [0.25, 0.3) is 0 Å². The summed E-state index contributed by atoms with van der Waals surface area (Å²) < 4.78 is 5.33. The third-order valence-corrected chi connectivity index (χ3v) is 4.99. The Kier molecular flexibility index (Phi) is 15.1. The highest BCUT2D eigenvalue weighted by Crippen LogP contribution is 2.10. The molecule has 1 aliphatic heterocycles. The molecule has 2 N–H and O–H groups in total. The molecule has 1 fully saturated rings. The Balaban J connectivity index is 2.10. The molecule has 0 aromatic carbocycles. The van der Waals surface area contributed by atoms with Gasteiger partial charge in [-0.1, -0.05) is 25.0 Å². The van der Waals surface area contributed by atoms with Gasteiger partial charge in [0.2, 0.25) is 11.8 Å². The van der Waals surface area contributed by atoms with Gasteiger partial charge >= 0.3 is 0 Å². The van der Waals surface area contributed by atoms with Gasteiger partial charge in [-0.3, -0.25) is 14.5 Å². The number of rotatable bonds is 20. The number of hydrogen-bond donors (Lipinski definition) is 2. The van der Waals surface area contributed by atoms with Crippen LogP contribution in [0.1, 0.15) is 64.2 Å². The van der Waals surface area contributed by atoms with Crippen molar-refractivity contribution in [2.24, 2.45) is 0 Å². The second-order valence-electron chi connectivity index (χ2n) is 7.73. The van der Waals surface area contributed by atoms with Crippen LogP contribution in [-0.2, 0) is 14.3 Å². The number of amides is 2. The van der Waals surface area contributed by atoms with E-state index >= 15 is 0 Å². The Bertz CT molecular complexity index is 442. The topological polar surface area (TPSA) is 74.0 Å². The minimum absolute atomic E-state index is 0.121. The molecule has 2 amide bonds. The van der Waals surface area contributed by atoms with Crippen LogP contribution < -0.4 is 10.6 Å². The lowest BCUT2D eigenvalue weighted by atomic mass is 10.1. The highest BCUT2D eigenvalue weighted by Gasteiger charge is 2.25. The van der Waals surface area contributed by atoms with E-state index in [2.05, 4.69) is 28.7 Å². The number of allylic oxidation sites excluding steroid dienone is 2. The molecule has 0 aromatic rings. The summed E-state index contributed by atoms with van der Waals surface area (Å²) in [6, 6.07) is 0. The van der Waals surface area contributed by atoms with Crippen LogP contribution in [0.3, 0.4) is 0 Å². The van der Waals surface area contributed by atoms with Crippen molar-refractivity contribution in [1.29, 1.82) is 0 Å². The van der Waals surface area contributed by atoms with Gasteiger partial charge in [0.15, 0.2) is 0 Å². The van der Waals surface area contributed by atoms with Gasteiger partial charge in [-0.2, -0.15) is 0 Å². The van der Waals surface area contributed by atoms with Crippen LogP contribution in [0, 0.1) is 0 Å². The molecule has 1 saturated heterocycles. The van der Waals surface area contributed by atoms with Crippen LogP contribution in [0.15, 0.2) is 25.3 Å². The summed E-state index contributed by atoms with van der Waals surface area (Å²) in [4.78, 5) is 26.1. The standard InChI is InChI=1S/C23H41N3O3/c1-3-5-7-9-11-13-22(27)24-15-17-26(19-21-20-29-21)18-16-25-23(28)14-12-10-8-6-4-2/h3-4,21H,1-2,5-20H2,(H,24,27)(H,25,28). The minimum Gasteiger partial charge on any atom is -0.372 e. The molecule has 0 spiro atoms. The number of nitrogens with one attached hydrogen (secondary N) is 2. The number of ether oxygens (including phenoxy) is 1. The van der Waals surface area contributed by atoms with Crippen molar-refractivity contribution in [3.8, 4) is 0 Å². The molecule has 6 heteroatoms. The van der Waals surface area contributed by atoms with Gasteiger partial charge < -0.3 is 15.4 Å². The molecule has 0 saturated carbocycles. The van der Waals surface area contributed by atoms with Crippen LogP contribution >= 0.6 is 0 Å². The van der Waals surface area contributed by atoms with E-state index in [1.807, 2.05) is 12.2 Å². The molecule has 166 valence electrons. The molecule has 1 atom stereocenters. The third-order valence-electron chi connectivity index (χ3n) is 4.99. The summed E-state index contributed by atoms with van der Waals surface area (Å²) in [7, 11) is 0. The Morgan fingerprint density at radius 2 is 1.34 bits per heavy atom. The van der Waals surface area contributed by atoms with Crippen molar-refractivity contribution in [2.45, 2.75) is 70.3 Å². The first kappa shape index (κ1) is 25.4. The summed E-state index contributed by atoms with van der Waals surface area (Å²) in [6.45, 7) is 11.9. The Hall–Kier alpha value is -1.66. The Labute approximate surface area is 177 Å². The molecule has 1 heterocycles. The normalized spacial score (nSPS) is 15.1. The molecule has 0 bridgehead atoms. The summed E-state index contributed by atoms with van der Waals surface area (Å²) in [5.41, 5.74) is 0. The number of carbonyl (C=O) groups is 2. The lowest BCUT2D eigenvalue weighted by Gasteiger charge is -2.21. The number of epoxide rings is 1. The van der Waals surface area contributed by atoms with Crippen LogP contribution in [0.2, 0.25) is 0 Å². The van der Waals surface area contributed by atoms with Crippen LogP contribution in [0.4, 0.5) is 0 Å². The first-order valence-corrected chi connectivity index (χ1v) is 11.2. The zero-order valence-electron chi connectivity index (χ0n) is 18.1. The molecule has 1 aliphatic rings. The van der Waals surface area contributed by atoms with Crippen molar-refractivity contribution in [3.63, 3.8) is 0 Å². The van der Waals surface area contributed by atoms with Gasteiger partial charge in [0, 0.05) is 45.6 Å². The molecule has 1 rings (SSSR count). The smallest absolute Gasteiger partial charge is 0.220 e. The molecule has 0 aliphatic carbocycles. The SMILES string of the molecule is C=CCCCCCC(=O)NCCN(CCNC(=O)CCCCCC=C)CC1CO1. The first-order chi connectivity index (χ1) is 14.2. The van der Waals surface area contributed by atoms with Crippen LogP contribution in [0.5, 0.6) is 0 Å². The Morgan fingerprint density at radius 3 is 1.76 bits per heavy atom. The number of nitrogens with zero attached hydrogens (tertiary/aromatic N) is 1. The highest BCUT2D eigenvalue weighted by molar-refractivity contribution is 5.76. The van der Waals surface area contributed by atoms with Crippen molar-refractivity contribution in [3.05, 3.63) is 25.3 Å². The molecular formula is C23H41N3O3. The number of unbranched alkanes of at least 4 members (excludes halogenated alkanes) is 6. The maximum atomic E-state index is 11.9. The molecule has 0 aromatic heterocycles. The van der Waals surface area contributed by atoms with Crippen molar-refractivity contribution < 1.29 is 14.3 Å². The van der Waals surface area contributed by atoms with E-state index in [1.165, 1.54) is 0 Å². The van der Waals surface area contributed by atoms with E-state index < -0.39 is 0 Å². The van der Waals surface area contributed by atoms with Crippen molar-refractivity contribution >= 4 is 11.8 Å². The zero-order chi connectivity index (χ0) is 21.2. The van der Waals surface area contributed by atoms with Gasteiger partial charge in [0.25, 0.3) is 0 Å². The molecule has 6 nitrogen and oxygen atoms in total. The second kappa shape index (κ2) is 17.2. The maximum Gasteiger partial charge on any atom is 0.220 e. The predicted molar refractivity (Wildman–Crippen MR) is 119 cm³/mol. The van der Waals surface area contributed by atoms with E-state index in [4.69, 9.17) is 4.74 Å². The summed E-state index contributed by atoms with van der Waals surface area (Å²) in [5, 5.41) is 6.01. The summed E-state index contributed by atoms with van der Waals surface area (Å²) in [5.74, 6) is 0.243. The first-order valence-electron chi connectivity index (χ1n) is 11.2. The van der Waals surface area contributed by atoms with Crippen molar-refractivity contribution in [1.82, 2.24) is 15.5 Å². The fourth-order valence-electron chi connectivity index (χ4n) is 3.14. The number of hydrogen-bond acceptors (Lipinski definition) is 4. The monoisotopic (exact) mass is 407 g/mol. The lowest BCUT2D eigenvalue weighted by Crippen LogP contribution is -2.41. The van der Waals surface area contributed by atoms with Gasteiger partial charge in [-0.25, -0.2) is 0 Å². The molecular weight excluding hydrogens is 366 g/mol. The lowest BCUT2D eigenvalue weighted by molar-refractivity contribution is -0.121. The van der Waals surface area contributed by atoms with E-state index in [1.54, 1.807) is 0 Å². The average Bonchev–Trinajstić information content (AvgIpc) is 3.51. The minimum atomic E-state index is 0.121. The summed E-state index contributed by atoms with van der Waals surface area (Å²) >= 11 is 0. The van der Waals surface area contributed by atoms with Gasteiger partial charge in [-0.15, -0.1) is 13.2 Å². The quantitative estimate of drug-likeness (QED) is 0.185. The summed E-state index contributed by atoms with van der Waals surface area (Å²) in [6.07, 6.45) is 13.6. The zero-order valence-corrected chi connectivity index (χ0v) is 18.1. The fraction of sp³-hybridized carbons (Fsp3) is 0.739. The Morgan fingerprint density at radius 1 is 0.862 bits per heavy atom. The molecule has 29 heavy (non-hydrogen) atoms.